The second-order valence-corrected chi connectivity index (χ2v) is 5.96. The Hall–Kier alpha value is 0.0700. The zero-order valence-electron chi connectivity index (χ0n) is 9.88. The highest BCUT2D eigenvalue weighted by Crippen LogP contribution is 2.03. The summed E-state index contributed by atoms with van der Waals surface area (Å²) in [6, 6.07) is 0. The molecule has 1 unspecified atom stereocenters. The Morgan fingerprint density at radius 2 is 1.93 bits per heavy atom. The Morgan fingerprint density at radius 3 is 2.43 bits per heavy atom. The molecular formula is C10H24N2OS. The lowest BCUT2D eigenvalue weighted by Gasteiger charge is -2.17. The summed E-state index contributed by atoms with van der Waals surface area (Å²) < 4.78 is 13.5. The van der Waals surface area contributed by atoms with Crippen molar-refractivity contribution < 1.29 is 4.21 Å². The smallest absolute Gasteiger partial charge is 0.0965 e. The first-order valence-electron chi connectivity index (χ1n) is 5.36. The molecule has 0 heterocycles. The van der Waals surface area contributed by atoms with Crippen molar-refractivity contribution in [1.82, 2.24) is 9.62 Å². The van der Waals surface area contributed by atoms with Crippen molar-refractivity contribution in [2.75, 3.05) is 27.2 Å². The SMILES string of the molecule is CNCCCCCN(C)S(=O)C(C)C. The molecule has 0 bridgehead atoms. The van der Waals surface area contributed by atoms with Crippen molar-refractivity contribution in [3.63, 3.8) is 0 Å². The number of hydrogen-bond donors (Lipinski definition) is 1. The Morgan fingerprint density at radius 1 is 1.29 bits per heavy atom. The van der Waals surface area contributed by atoms with Crippen LogP contribution in [0.15, 0.2) is 0 Å². The predicted molar refractivity (Wildman–Crippen MR) is 63.7 cm³/mol. The molecule has 0 aromatic rings. The molecule has 0 aliphatic heterocycles. The van der Waals surface area contributed by atoms with Crippen molar-refractivity contribution >= 4 is 11.0 Å². The van der Waals surface area contributed by atoms with Crippen LogP contribution in [0.1, 0.15) is 33.1 Å². The fourth-order valence-corrected chi connectivity index (χ4v) is 2.29. The van der Waals surface area contributed by atoms with Gasteiger partial charge in [-0.2, -0.15) is 0 Å². The fourth-order valence-electron chi connectivity index (χ4n) is 1.26. The van der Waals surface area contributed by atoms with Gasteiger partial charge in [-0.15, -0.1) is 0 Å². The average molecular weight is 220 g/mol. The molecule has 0 rings (SSSR count). The summed E-state index contributed by atoms with van der Waals surface area (Å²) in [4.78, 5) is 0. The van der Waals surface area contributed by atoms with Gasteiger partial charge in [-0.3, -0.25) is 0 Å². The normalized spacial score (nSPS) is 13.9. The first-order valence-corrected chi connectivity index (χ1v) is 6.53. The molecule has 0 aliphatic rings. The zero-order valence-corrected chi connectivity index (χ0v) is 10.7. The van der Waals surface area contributed by atoms with E-state index in [4.69, 9.17) is 0 Å². The van der Waals surface area contributed by atoms with Gasteiger partial charge in [0, 0.05) is 11.8 Å². The topological polar surface area (TPSA) is 32.3 Å². The maximum absolute atomic E-state index is 11.6. The van der Waals surface area contributed by atoms with Gasteiger partial charge in [-0.1, -0.05) is 6.42 Å². The van der Waals surface area contributed by atoms with Crippen LogP contribution >= 0.6 is 0 Å². The maximum atomic E-state index is 11.6. The Bertz CT molecular complexity index is 162. The molecule has 4 heteroatoms. The molecule has 0 amide bonds. The lowest BCUT2D eigenvalue weighted by atomic mass is 10.2. The van der Waals surface area contributed by atoms with Gasteiger partial charge in [0.15, 0.2) is 0 Å². The van der Waals surface area contributed by atoms with Crippen LogP contribution in [0.4, 0.5) is 0 Å². The quantitative estimate of drug-likeness (QED) is 0.627. The van der Waals surface area contributed by atoms with E-state index in [0.717, 1.165) is 19.5 Å². The first-order chi connectivity index (χ1) is 6.59. The fraction of sp³-hybridized carbons (Fsp3) is 1.00. The number of hydrogen-bond acceptors (Lipinski definition) is 2. The number of rotatable bonds is 8. The van der Waals surface area contributed by atoms with Crippen LogP contribution in [0, 0.1) is 0 Å². The number of nitrogens with zero attached hydrogens (tertiary/aromatic N) is 1. The third-order valence-corrected chi connectivity index (χ3v) is 3.71. The highest BCUT2D eigenvalue weighted by Gasteiger charge is 2.10. The Kier molecular flexibility index (Phi) is 8.43. The Labute approximate surface area is 90.8 Å². The molecule has 86 valence electrons. The molecule has 0 spiro atoms. The van der Waals surface area contributed by atoms with E-state index in [2.05, 4.69) is 5.32 Å². The molecule has 1 atom stereocenters. The van der Waals surface area contributed by atoms with Crippen molar-refractivity contribution in [2.45, 2.75) is 38.4 Å². The standard InChI is InChI=1S/C10H24N2OS/c1-10(2)14(13)12(4)9-7-5-6-8-11-3/h10-11H,5-9H2,1-4H3. The van der Waals surface area contributed by atoms with Crippen LogP contribution < -0.4 is 5.32 Å². The first kappa shape index (κ1) is 14.1. The molecule has 0 aliphatic carbocycles. The lowest BCUT2D eigenvalue weighted by molar-refractivity contribution is 0.485. The maximum Gasteiger partial charge on any atom is 0.0965 e. The summed E-state index contributed by atoms with van der Waals surface area (Å²) in [6.45, 7) is 6.01. The average Bonchev–Trinajstić information content (AvgIpc) is 2.16. The summed E-state index contributed by atoms with van der Waals surface area (Å²) in [6.07, 6.45) is 3.55. The van der Waals surface area contributed by atoms with Crippen molar-refractivity contribution in [1.29, 1.82) is 0 Å². The van der Waals surface area contributed by atoms with E-state index in [1.807, 2.05) is 32.2 Å². The minimum Gasteiger partial charge on any atom is -0.320 e. The van der Waals surface area contributed by atoms with Crippen molar-refractivity contribution in [2.24, 2.45) is 0 Å². The van der Waals surface area contributed by atoms with Crippen LogP contribution in [0.5, 0.6) is 0 Å². The van der Waals surface area contributed by atoms with Gasteiger partial charge in [0.2, 0.25) is 0 Å². The monoisotopic (exact) mass is 220 g/mol. The van der Waals surface area contributed by atoms with Crippen LogP contribution in [0.2, 0.25) is 0 Å². The molecule has 0 aromatic heterocycles. The predicted octanol–water partition coefficient (Wildman–Crippen LogP) is 1.38. The van der Waals surface area contributed by atoms with Crippen molar-refractivity contribution in [3.8, 4) is 0 Å². The second-order valence-electron chi connectivity index (χ2n) is 3.84. The number of unbranched alkanes of at least 4 members (excludes halogenated alkanes) is 2. The van der Waals surface area contributed by atoms with E-state index >= 15 is 0 Å². The molecule has 0 saturated heterocycles. The van der Waals surface area contributed by atoms with Gasteiger partial charge in [0.25, 0.3) is 0 Å². The molecule has 0 fully saturated rings. The molecule has 0 radical (unpaired) electrons. The zero-order chi connectivity index (χ0) is 11.0. The van der Waals surface area contributed by atoms with E-state index in [1.165, 1.54) is 12.8 Å². The summed E-state index contributed by atoms with van der Waals surface area (Å²) in [5.74, 6) is 0. The van der Waals surface area contributed by atoms with Gasteiger partial charge in [-0.05, 0) is 47.3 Å². The van der Waals surface area contributed by atoms with E-state index in [9.17, 15) is 4.21 Å². The number of nitrogens with one attached hydrogen (secondary N) is 1. The molecule has 1 N–H and O–H groups in total. The highest BCUT2D eigenvalue weighted by atomic mass is 32.2. The van der Waals surface area contributed by atoms with Crippen molar-refractivity contribution in [3.05, 3.63) is 0 Å². The third-order valence-electron chi connectivity index (χ3n) is 2.11. The van der Waals surface area contributed by atoms with Gasteiger partial charge in [-0.25, -0.2) is 8.51 Å². The minimum absolute atomic E-state index is 0.234. The van der Waals surface area contributed by atoms with E-state index in [0.29, 0.717) is 0 Å². The highest BCUT2D eigenvalue weighted by molar-refractivity contribution is 7.83. The third kappa shape index (κ3) is 6.51. The van der Waals surface area contributed by atoms with Gasteiger partial charge < -0.3 is 5.32 Å². The molecule has 3 nitrogen and oxygen atoms in total. The van der Waals surface area contributed by atoms with E-state index < -0.39 is 11.0 Å². The molecule has 0 saturated carbocycles. The summed E-state index contributed by atoms with van der Waals surface area (Å²) in [5.41, 5.74) is 0. The lowest BCUT2D eigenvalue weighted by Crippen LogP contribution is -2.28. The Balaban J connectivity index is 3.44. The van der Waals surface area contributed by atoms with Gasteiger partial charge in [0.1, 0.15) is 0 Å². The second kappa shape index (κ2) is 8.38. The van der Waals surface area contributed by atoms with E-state index in [1.54, 1.807) is 0 Å². The van der Waals surface area contributed by atoms with Crippen LogP contribution in [0.3, 0.4) is 0 Å². The van der Waals surface area contributed by atoms with Crippen LogP contribution in [0.25, 0.3) is 0 Å². The van der Waals surface area contributed by atoms with Crippen LogP contribution in [-0.2, 0) is 11.0 Å². The largest absolute Gasteiger partial charge is 0.320 e. The summed E-state index contributed by atoms with van der Waals surface area (Å²) in [7, 11) is 3.10. The van der Waals surface area contributed by atoms with Gasteiger partial charge >= 0.3 is 0 Å². The molecule has 0 aromatic carbocycles. The van der Waals surface area contributed by atoms with E-state index in [-0.39, 0.29) is 5.25 Å². The van der Waals surface area contributed by atoms with Crippen LogP contribution in [-0.4, -0.2) is 40.9 Å². The summed E-state index contributed by atoms with van der Waals surface area (Å²) >= 11 is 0. The van der Waals surface area contributed by atoms with Gasteiger partial charge in [0.05, 0.1) is 11.0 Å². The molecular weight excluding hydrogens is 196 g/mol. The molecule has 14 heavy (non-hydrogen) atoms. The summed E-state index contributed by atoms with van der Waals surface area (Å²) in [5, 5.41) is 3.36. The minimum atomic E-state index is -0.806.